The van der Waals surface area contributed by atoms with Crippen molar-refractivity contribution in [1.29, 1.82) is 0 Å². The summed E-state index contributed by atoms with van der Waals surface area (Å²) in [5, 5.41) is 0.772. The van der Waals surface area contributed by atoms with Gasteiger partial charge in [-0.25, -0.2) is 9.37 Å². The molecular weight excluding hydrogens is 453 g/mol. The second-order valence-corrected chi connectivity index (χ2v) is 9.58. The maximum absolute atomic E-state index is 13.1. The molecule has 0 bridgehead atoms. The highest BCUT2D eigenvalue weighted by Gasteiger charge is 2.19. The average Bonchev–Trinajstić information content (AvgIpc) is 3.15. The van der Waals surface area contributed by atoms with Crippen molar-refractivity contribution in [3.63, 3.8) is 0 Å². The zero-order valence-corrected chi connectivity index (χ0v) is 20.6. The predicted molar refractivity (Wildman–Crippen MR) is 134 cm³/mol. The van der Waals surface area contributed by atoms with Crippen molar-refractivity contribution in [2.24, 2.45) is 0 Å². The fourth-order valence-corrected chi connectivity index (χ4v) is 5.00. The first kappa shape index (κ1) is 25.6. The van der Waals surface area contributed by atoms with Crippen molar-refractivity contribution in [1.82, 2.24) is 9.88 Å². The Morgan fingerprint density at radius 2 is 1.87 bits per heavy atom. The lowest BCUT2D eigenvalue weighted by Gasteiger charge is -2.21. The standard InChI is InChI=1S/C23H28FN3OS2.ClH/c1-4-17-6-11-20-21(16-17)30-23(25-20)27(14-5-13-26(2)3)22(28)12-15-29-19-9-7-18(24)8-10-19;/h6-11,16H,4-5,12-15H2,1-3H3;1H. The van der Waals surface area contributed by atoms with Crippen LogP contribution in [0.3, 0.4) is 0 Å². The Kier molecular flexibility index (Phi) is 10.2. The number of hydrogen-bond acceptors (Lipinski definition) is 5. The maximum Gasteiger partial charge on any atom is 0.229 e. The van der Waals surface area contributed by atoms with Crippen molar-refractivity contribution in [2.45, 2.75) is 31.1 Å². The molecule has 4 nitrogen and oxygen atoms in total. The second-order valence-electron chi connectivity index (χ2n) is 7.41. The molecule has 0 unspecified atom stereocenters. The normalized spacial score (nSPS) is 11.0. The Balaban J connectivity index is 0.00000341. The van der Waals surface area contributed by atoms with Crippen molar-refractivity contribution in [3.8, 4) is 0 Å². The minimum atomic E-state index is -0.246. The van der Waals surface area contributed by atoms with Crippen LogP contribution in [0, 0.1) is 5.82 Å². The molecular formula is C23H29ClFN3OS2. The van der Waals surface area contributed by atoms with E-state index in [1.54, 1.807) is 35.2 Å². The first-order valence-electron chi connectivity index (χ1n) is 10.2. The van der Waals surface area contributed by atoms with Gasteiger partial charge < -0.3 is 4.90 Å². The highest BCUT2D eigenvalue weighted by molar-refractivity contribution is 7.99. The number of aromatic nitrogens is 1. The van der Waals surface area contributed by atoms with Gasteiger partial charge in [0.05, 0.1) is 10.2 Å². The Morgan fingerprint density at radius 1 is 1.13 bits per heavy atom. The molecule has 0 aliphatic heterocycles. The molecule has 168 valence electrons. The van der Waals surface area contributed by atoms with Gasteiger partial charge in [-0.15, -0.1) is 24.2 Å². The minimum Gasteiger partial charge on any atom is -0.309 e. The molecule has 2 aromatic carbocycles. The summed E-state index contributed by atoms with van der Waals surface area (Å²) in [4.78, 5) is 22.7. The number of carbonyl (C=O) groups is 1. The van der Waals surface area contributed by atoms with E-state index in [0.717, 1.165) is 39.6 Å². The lowest BCUT2D eigenvalue weighted by Crippen LogP contribution is -2.33. The molecule has 3 aromatic rings. The smallest absolute Gasteiger partial charge is 0.229 e. The van der Waals surface area contributed by atoms with Crippen LogP contribution in [0.4, 0.5) is 9.52 Å². The number of hydrogen-bond donors (Lipinski definition) is 0. The highest BCUT2D eigenvalue weighted by atomic mass is 35.5. The van der Waals surface area contributed by atoms with Gasteiger partial charge in [0.25, 0.3) is 0 Å². The molecule has 31 heavy (non-hydrogen) atoms. The molecule has 3 rings (SSSR count). The van der Waals surface area contributed by atoms with Crippen LogP contribution in [0.25, 0.3) is 10.2 Å². The number of thiazole rings is 1. The van der Waals surface area contributed by atoms with Crippen molar-refractivity contribution in [2.75, 3.05) is 37.8 Å². The molecule has 0 aliphatic carbocycles. The highest BCUT2D eigenvalue weighted by Crippen LogP contribution is 2.30. The largest absolute Gasteiger partial charge is 0.309 e. The second kappa shape index (κ2) is 12.4. The van der Waals surface area contributed by atoms with Crippen molar-refractivity contribution in [3.05, 3.63) is 53.8 Å². The molecule has 1 aromatic heterocycles. The fourth-order valence-electron chi connectivity index (χ4n) is 3.09. The van der Waals surface area contributed by atoms with E-state index >= 15 is 0 Å². The van der Waals surface area contributed by atoms with Crippen molar-refractivity contribution < 1.29 is 9.18 Å². The summed E-state index contributed by atoms with van der Waals surface area (Å²) in [5.74, 6) is 0.488. The van der Waals surface area contributed by atoms with Gasteiger partial charge in [-0.1, -0.05) is 24.3 Å². The molecule has 0 fully saturated rings. The van der Waals surface area contributed by atoms with Gasteiger partial charge in [0.2, 0.25) is 5.91 Å². The molecule has 0 N–H and O–H groups in total. The monoisotopic (exact) mass is 481 g/mol. The average molecular weight is 482 g/mol. The van der Waals surface area contributed by atoms with Gasteiger partial charge in [-0.2, -0.15) is 0 Å². The maximum atomic E-state index is 13.1. The lowest BCUT2D eigenvalue weighted by atomic mass is 10.2. The van der Waals surface area contributed by atoms with Gasteiger partial charge in [-0.05, 0) is 75.4 Å². The van der Waals surface area contributed by atoms with Crippen LogP contribution in [-0.4, -0.2) is 48.7 Å². The topological polar surface area (TPSA) is 36.4 Å². The summed E-state index contributed by atoms with van der Waals surface area (Å²) in [6.07, 6.45) is 2.29. The van der Waals surface area contributed by atoms with E-state index < -0.39 is 0 Å². The van der Waals surface area contributed by atoms with E-state index in [9.17, 15) is 9.18 Å². The summed E-state index contributed by atoms with van der Waals surface area (Å²) in [6.45, 7) is 3.71. The Morgan fingerprint density at radius 3 is 2.55 bits per heavy atom. The summed E-state index contributed by atoms with van der Waals surface area (Å²) >= 11 is 3.15. The van der Waals surface area contributed by atoms with Gasteiger partial charge in [0.15, 0.2) is 5.13 Å². The van der Waals surface area contributed by atoms with E-state index in [-0.39, 0.29) is 24.1 Å². The zero-order chi connectivity index (χ0) is 21.5. The van der Waals surface area contributed by atoms with Gasteiger partial charge in [-0.3, -0.25) is 9.69 Å². The van der Waals surface area contributed by atoms with Crippen molar-refractivity contribution >= 4 is 56.8 Å². The van der Waals surface area contributed by atoms with Crippen LogP contribution in [0.1, 0.15) is 25.3 Å². The minimum absolute atomic E-state index is 0. The fraction of sp³-hybridized carbons (Fsp3) is 0.391. The summed E-state index contributed by atoms with van der Waals surface area (Å²) in [5.41, 5.74) is 2.22. The van der Waals surface area contributed by atoms with E-state index in [4.69, 9.17) is 4.98 Å². The Hall–Kier alpha value is -1.67. The number of amides is 1. The van der Waals surface area contributed by atoms with E-state index in [2.05, 4.69) is 24.0 Å². The Labute approximate surface area is 198 Å². The number of rotatable bonds is 10. The number of carbonyl (C=O) groups excluding carboxylic acids is 1. The number of nitrogens with zero attached hydrogens (tertiary/aromatic N) is 3. The number of anilines is 1. The number of fused-ring (bicyclic) bond motifs is 1. The van der Waals surface area contributed by atoms with Crippen LogP contribution in [-0.2, 0) is 11.2 Å². The summed E-state index contributed by atoms with van der Waals surface area (Å²) in [6, 6.07) is 12.7. The van der Waals surface area contributed by atoms with E-state index in [0.29, 0.717) is 18.7 Å². The van der Waals surface area contributed by atoms with Crippen LogP contribution >= 0.6 is 35.5 Å². The number of aryl methyl sites for hydroxylation is 1. The third-order valence-corrected chi connectivity index (χ3v) is 6.82. The quantitative estimate of drug-likeness (QED) is 0.338. The van der Waals surface area contributed by atoms with Crippen LogP contribution in [0.5, 0.6) is 0 Å². The molecule has 1 heterocycles. The summed E-state index contributed by atoms with van der Waals surface area (Å²) in [7, 11) is 4.07. The van der Waals surface area contributed by atoms with E-state index in [1.165, 1.54) is 17.7 Å². The lowest BCUT2D eigenvalue weighted by molar-refractivity contribution is -0.118. The molecule has 0 atom stereocenters. The molecule has 0 spiro atoms. The van der Waals surface area contributed by atoms with Crippen LogP contribution < -0.4 is 4.90 Å². The van der Waals surface area contributed by atoms with Crippen LogP contribution in [0.2, 0.25) is 0 Å². The van der Waals surface area contributed by atoms with Gasteiger partial charge in [0.1, 0.15) is 5.82 Å². The molecule has 0 saturated carbocycles. The number of thioether (sulfide) groups is 1. The molecule has 1 amide bonds. The first-order chi connectivity index (χ1) is 14.5. The predicted octanol–water partition coefficient (Wildman–Crippen LogP) is 5.89. The zero-order valence-electron chi connectivity index (χ0n) is 18.1. The Bertz CT molecular complexity index is 979. The SMILES string of the molecule is CCc1ccc2nc(N(CCCN(C)C)C(=O)CCSc3ccc(F)cc3)sc2c1.Cl. The molecule has 0 radical (unpaired) electrons. The van der Waals surface area contributed by atoms with E-state index in [1.807, 2.05) is 25.1 Å². The third kappa shape index (κ3) is 7.45. The summed E-state index contributed by atoms with van der Waals surface area (Å²) < 4.78 is 14.2. The molecule has 0 saturated heterocycles. The third-order valence-electron chi connectivity index (χ3n) is 4.77. The molecule has 0 aliphatic rings. The number of halogens is 2. The number of benzene rings is 2. The van der Waals surface area contributed by atoms with Crippen LogP contribution in [0.15, 0.2) is 47.4 Å². The van der Waals surface area contributed by atoms with Gasteiger partial charge in [0, 0.05) is 23.6 Å². The first-order valence-corrected chi connectivity index (χ1v) is 12.0. The van der Waals surface area contributed by atoms with Gasteiger partial charge >= 0.3 is 0 Å². The molecule has 8 heteroatoms.